The van der Waals surface area contributed by atoms with Gasteiger partial charge in [0.05, 0.1) is 5.56 Å². The third-order valence-corrected chi connectivity index (χ3v) is 2.89. The third kappa shape index (κ3) is 4.01. The lowest BCUT2D eigenvalue weighted by Gasteiger charge is -2.10. The smallest absolute Gasteiger partial charge is 0.328 e. The van der Waals surface area contributed by atoms with E-state index in [2.05, 4.69) is 9.97 Å². The standard InChI is InChI=1S/C15H16F3N3/c1-9(19)6-13-7-10(2)20-14(21-13)11-4-3-5-12(8-11)15(16,17)18/h3-5,7-9H,6,19H2,1-2H3. The lowest BCUT2D eigenvalue weighted by molar-refractivity contribution is -0.137. The first-order valence-corrected chi connectivity index (χ1v) is 6.53. The first-order valence-electron chi connectivity index (χ1n) is 6.53. The Morgan fingerprint density at radius 2 is 1.90 bits per heavy atom. The van der Waals surface area contributed by atoms with Crippen LogP contribution in [0.5, 0.6) is 0 Å². The Kier molecular flexibility index (Phi) is 4.27. The Balaban J connectivity index is 2.44. The Hall–Kier alpha value is -1.95. The van der Waals surface area contributed by atoms with Gasteiger partial charge in [-0.25, -0.2) is 9.97 Å². The molecule has 0 aliphatic carbocycles. The van der Waals surface area contributed by atoms with Gasteiger partial charge in [-0.2, -0.15) is 13.2 Å². The molecule has 2 aromatic rings. The van der Waals surface area contributed by atoms with Crippen molar-refractivity contribution in [2.24, 2.45) is 5.73 Å². The van der Waals surface area contributed by atoms with Crippen LogP contribution in [0.1, 0.15) is 23.9 Å². The van der Waals surface area contributed by atoms with Gasteiger partial charge in [0, 0.05) is 29.4 Å². The normalized spacial score (nSPS) is 13.2. The minimum absolute atomic E-state index is 0.0753. The van der Waals surface area contributed by atoms with Crippen molar-refractivity contribution in [2.45, 2.75) is 32.5 Å². The third-order valence-electron chi connectivity index (χ3n) is 2.89. The molecule has 1 unspecified atom stereocenters. The van der Waals surface area contributed by atoms with Crippen molar-refractivity contribution in [3.8, 4) is 11.4 Å². The molecule has 0 fully saturated rings. The van der Waals surface area contributed by atoms with Gasteiger partial charge in [0.2, 0.25) is 0 Å². The lowest BCUT2D eigenvalue weighted by Crippen LogP contribution is -2.19. The van der Waals surface area contributed by atoms with Crippen LogP contribution in [0.25, 0.3) is 11.4 Å². The van der Waals surface area contributed by atoms with Crippen molar-refractivity contribution in [3.05, 3.63) is 47.3 Å². The molecule has 0 spiro atoms. The highest BCUT2D eigenvalue weighted by Gasteiger charge is 2.30. The quantitative estimate of drug-likeness (QED) is 0.944. The number of benzene rings is 1. The van der Waals surface area contributed by atoms with Crippen molar-refractivity contribution in [3.63, 3.8) is 0 Å². The molecule has 0 aliphatic rings. The maximum atomic E-state index is 12.8. The van der Waals surface area contributed by atoms with E-state index in [0.717, 1.165) is 17.8 Å². The fraction of sp³-hybridized carbons (Fsp3) is 0.333. The van der Waals surface area contributed by atoms with E-state index in [1.807, 2.05) is 6.92 Å². The molecule has 1 atom stereocenters. The van der Waals surface area contributed by atoms with E-state index in [-0.39, 0.29) is 11.9 Å². The summed E-state index contributed by atoms with van der Waals surface area (Å²) in [5, 5.41) is 0. The highest BCUT2D eigenvalue weighted by atomic mass is 19.4. The molecular formula is C15H16F3N3. The Bertz CT molecular complexity index is 636. The predicted octanol–water partition coefficient (Wildman–Crippen LogP) is 3.36. The van der Waals surface area contributed by atoms with Crippen LogP contribution in [0, 0.1) is 6.92 Å². The maximum Gasteiger partial charge on any atom is 0.416 e. The van der Waals surface area contributed by atoms with Gasteiger partial charge in [0.25, 0.3) is 0 Å². The van der Waals surface area contributed by atoms with Crippen molar-refractivity contribution in [1.82, 2.24) is 9.97 Å². The summed E-state index contributed by atoms with van der Waals surface area (Å²) in [4.78, 5) is 8.52. The SMILES string of the molecule is Cc1cc(CC(C)N)nc(-c2cccc(C(F)(F)F)c2)n1. The average molecular weight is 295 g/mol. The monoisotopic (exact) mass is 295 g/mol. The van der Waals surface area contributed by atoms with Crippen molar-refractivity contribution in [2.75, 3.05) is 0 Å². The molecule has 3 nitrogen and oxygen atoms in total. The summed E-state index contributed by atoms with van der Waals surface area (Å²) in [7, 11) is 0. The number of hydrogen-bond acceptors (Lipinski definition) is 3. The number of aryl methyl sites for hydroxylation is 1. The first-order chi connectivity index (χ1) is 9.75. The summed E-state index contributed by atoms with van der Waals surface area (Å²) in [5.74, 6) is 0.289. The zero-order chi connectivity index (χ0) is 15.6. The number of nitrogens with two attached hydrogens (primary N) is 1. The number of rotatable bonds is 3. The minimum Gasteiger partial charge on any atom is -0.328 e. The second-order valence-corrected chi connectivity index (χ2v) is 5.08. The Morgan fingerprint density at radius 1 is 1.19 bits per heavy atom. The Labute approximate surface area is 121 Å². The molecule has 0 amide bonds. The molecule has 0 saturated carbocycles. The maximum absolute atomic E-state index is 12.8. The number of halogens is 3. The molecule has 21 heavy (non-hydrogen) atoms. The number of aromatic nitrogens is 2. The van der Waals surface area contributed by atoms with E-state index in [0.29, 0.717) is 17.7 Å². The van der Waals surface area contributed by atoms with Crippen molar-refractivity contribution >= 4 is 0 Å². The van der Waals surface area contributed by atoms with E-state index in [9.17, 15) is 13.2 Å². The van der Waals surface area contributed by atoms with E-state index in [1.165, 1.54) is 6.07 Å². The van der Waals surface area contributed by atoms with E-state index < -0.39 is 11.7 Å². The zero-order valence-electron chi connectivity index (χ0n) is 11.8. The Morgan fingerprint density at radius 3 is 2.52 bits per heavy atom. The van der Waals surface area contributed by atoms with Gasteiger partial charge < -0.3 is 5.73 Å². The molecular weight excluding hydrogens is 279 g/mol. The van der Waals surface area contributed by atoms with Crippen LogP contribution in [0.3, 0.4) is 0 Å². The van der Waals surface area contributed by atoms with Crippen molar-refractivity contribution < 1.29 is 13.2 Å². The highest BCUT2D eigenvalue weighted by molar-refractivity contribution is 5.56. The van der Waals surface area contributed by atoms with Crippen molar-refractivity contribution in [1.29, 1.82) is 0 Å². The molecule has 6 heteroatoms. The topological polar surface area (TPSA) is 51.8 Å². The fourth-order valence-corrected chi connectivity index (χ4v) is 2.03. The molecule has 1 heterocycles. The van der Waals surface area contributed by atoms with Crippen LogP contribution in [0.4, 0.5) is 13.2 Å². The van der Waals surface area contributed by atoms with Gasteiger partial charge in [-0.1, -0.05) is 12.1 Å². The molecule has 0 radical (unpaired) electrons. The van der Waals surface area contributed by atoms with Gasteiger partial charge in [-0.15, -0.1) is 0 Å². The number of alkyl halides is 3. The van der Waals surface area contributed by atoms with Crippen LogP contribution < -0.4 is 5.73 Å². The van der Waals surface area contributed by atoms with Crippen LogP contribution >= 0.6 is 0 Å². The molecule has 0 bridgehead atoms. The van der Waals surface area contributed by atoms with Gasteiger partial charge in [0.1, 0.15) is 0 Å². The van der Waals surface area contributed by atoms with Crippen LogP contribution in [-0.2, 0) is 12.6 Å². The molecule has 2 N–H and O–H groups in total. The largest absolute Gasteiger partial charge is 0.416 e. The van der Waals surface area contributed by atoms with Gasteiger partial charge in [-0.3, -0.25) is 0 Å². The van der Waals surface area contributed by atoms with E-state index >= 15 is 0 Å². The molecule has 0 aliphatic heterocycles. The molecule has 1 aromatic heterocycles. The number of hydrogen-bond donors (Lipinski definition) is 1. The fourth-order valence-electron chi connectivity index (χ4n) is 2.03. The predicted molar refractivity (Wildman–Crippen MR) is 74.6 cm³/mol. The zero-order valence-corrected chi connectivity index (χ0v) is 11.8. The van der Waals surface area contributed by atoms with Gasteiger partial charge in [0.15, 0.2) is 5.82 Å². The summed E-state index contributed by atoms with van der Waals surface area (Å²) in [5.41, 5.74) is 6.80. The highest BCUT2D eigenvalue weighted by Crippen LogP contribution is 2.31. The summed E-state index contributed by atoms with van der Waals surface area (Å²) in [6.07, 6.45) is -3.83. The number of nitrogens with zero attached hydrogens (tertiary/aromatic N) is 2. The molecule has 112 valence electrons. The molecule has 1 aromatic carbocycles. The minimum atomic E-state index is -4.38. The second kappa shape index (κ2) is 5.81. The van der Waals surface area contributed by atoms with Crippen LogP contribution in [0.15, 0.2) is 30.3 Å². The molecule has 2 rings (SSSR count). The summed E-state index contributed by atoms with van der Waals surface area (Å²) in [6, 6.07) is 6.73. The van der Waals surface area contributed by atoms with Gasteiger partial charge >= 0.3 is 6.18 Å². The summed E-state index contributed by atoms with van der Waals surface area (Å²) < 4.78 is 38.3. The summed E-state index contributed by atoms with van der Waals surface area (Å²) in [6.45, 7) is 3.63. The summed E-state index contributed by atoms with van der Waals surface area (Å²) >= 11 is 0. The van der Waals surface area contributed by atoms with Gasteiger partial charge in [-0.05, 0) is 32.0 Å². The molecule has 0 saturated heterocycles. The average Bonchev–Trinajstić information content (AvgIpc) is 2.36. The van der Waals surface area contributed by atoms with Crippen LogP contribution in [0.2, 0.25) is 0 Å². The van der Waals surface area contributed by atoms with E-state index in [1.54, 1.807) is 19.1 Å². The van der Waals surface area contributed by atoms with Crippen LogP contribution in [-0.4, -0.2) is 16.0 Å². The second-order valence-electron chi connectivity index (χ2n) is 5.08. The van der Waals surface area contributed by atoms with E-state index in [4.69, 9.17) is 5.73 Å². The lowest BCUT2D eigenvalue weighted by atomic mass is 10.1. The first kappa shape index (κ1) is 15.4.